The molecule has 1 rings (SSSR count). The summed E-state index contributed by atoms with van der Waals surface area (Å²) in [5.74, 6) is 0.630. The van der Waals surface area contributed by atoms with Crippen LogP contribution in [0.25, 0.3) is 6.08 Å². The van der Waals surface area contributed by atoms with Crippen LogP contribution >= 0.6 is 0 Å². The van der Waals surface area contributed by atoms with Crippen molar-refractivity contribution in [2.45, 2.75) is 39.7 Å². The second-order valence-corrected chi connectivity index (χ2v) is 5.00. The van der Waals surface area contributed by atoms with Gasteiger partial charge in [0.15, 0.2) is 0 Å². The molecule has 0 aromatic carbocycles. The average Bonchev–Trinajstić information content (AvgIpc) is 2.35. The van der Waals surface area contributed by atoms with Crippen LogP contribution in [0.3, 0.4) is 0 Å². The van der Waals surface area contributed by atoms with Gasteiger partial charge in [0.1, 0.15) is 0 Å². The molecule has 0 aliphatic rings. The standard InChI is InChI=1S/C15H22N2O/c1-12(2)6-7-13(3)17-15(18)9-8-14-5-4-10-16-11-14/h4-5,8-13H,6-7H2,1-3H3,(H,17,18)/b9-8+. The Hall–Kier alpha value is -1.64. The van der Waals surface area contributed by atoms with E-state index in [1.165, 1.54) is 0 Å². The Morgan fingerprint density at radius 2 is 2.17 bits per heavy atom. The van der Waals surface area contributed by atoms with Crippen LogP contribution in [0.2, 0.25) is 0 Å². The molecule has 0 aliphatic heterocycles. The number of hydrogen-bond acceptors (Lipinski definition) is 2. The predicted molar refractivity (Wildman–Crippen MR) is 74.9 cm³/mol. The maximum absolute atomic E-state index is 11.7. The van der Waals surface area contributed by atoms with Crippen LogP contribution < -0.4 is 5.32 Å². The van der Waals surface area contributed by atoms with Crippen molar-refractivity contribution >= 4 is 12.0 Å². The highest BCUT2D eigenvalue weighted by Crippen LogP contribution is 2.06. The van der Waals surface area contributed by atoms with Gasteiger partial charge in [-0.15, -0.1) is 0 Å². The number of aromatic nitrogens is 1. The highest BCUT2D eigenvalue weighted by molar-refractivity contribution is 5.91. The summed E-state index contributed by atoms with van der Waals surface area (Å²) in [5, 5.41) is 2.96. The highest BCUT2D eigenvalue weighted by atomic mass is 16.1. The zero-order chi connectivity index (χ0) is 13.4. The number of amides is 1. The minimum absolute atomic E-state index is 0.0462. The molecular weight excluding hydrogens is 224 g/mol. The van der Waals surface area contributed by atoms with E-state index in [1.54, 1.807) is 24.5 Å². The van der Waals surface area contributed by atoms with E-state index in [0.717, 1.165) is 18.4 Å². The van der Waals surface area contributed by atoms with Gasteiger partial charge >= 0.3 is 0 Å². The van der Waals surface area contributed by atoms with E-state index >= 15 is 0 Å². The summed E-state index contributed by atoms with van der Waals surface area (Å²) in [4.78, 5) is 15.6. The zero-order valence-corrected chi connectivity index (χ0v) is 11.4. The quantitative estimate of drug-likeness (QED) is 0.784. The molecule has 1 N–H and O–H groups in total. The SMILES string of the molecule is CC(C)CCC(C)NC(=O)/C=C/c1cccnc1. The van der Waals surface area contributed by atoms with Crippen molar-refractivity contribution in [2.24, 2.45) is 5.92 Å². The minimum atomic E-state index is -0.0462. The van der Waals surface area contributed by atoms with E-state index in [2.05, 4.69) is 24.1 Å². The number of carbonyl (C=O) groups excluding carboxylic acids is 1. The Morgan fingerprint density at radius 1 is 1.39 bits per heavy atom. The largest absolute Gasteiger partial charge is 0.350 e. The molecule has 1 unspecified atom stereocenters. The van der Waals surface area contributed by atoms with E-state index in [4.69, 9.17) is 0 Å². The number of carbonyl (C=O) groups is 1. The van der Waals surface area contributed by atoms with Gasteiger partial charge in [-0.1, -0.05) is 19.9 Å². The van der Waals surface area contributed by atoms with Crippen LogP contribution in [0.1, 0.15) is 39.2 Å². The number of hydrogen-bond donors (Lipinski definition) is 1. The lowest BCUT2D eigenvalue weighted by Gasteiger charge is -2.13. The molecule has 0 saturated carbocycles. The number of nitrogens with zero attached hydrogens (tertiary/aromatic N) is 1. The van der Waals surface area contributed by atoms with Crippen LogP contribution in [0, 0.1) is 5.92 Å². The molecule has 0 radical (unpaired) electrons. The fraction of sp³-hybridized carbons (Fsp3) is 0.467. The molecule has 18 heavy (non-hydrogen) atoms. The molecule has 1 amide bonds. The highest BCUT2D eigenvalue weighted by Gasteiger charge is 2.05. The molecular formula is C15H22N2O. The smallest absolute Gasteiger partial charge is 0.244 e. The third kappa shape index (κ3) is 6.18. The lowest BCUT2D eigenvalue weighted by Crippen LogP contribution is -2.31. The Morgan fingerprint density at radius 3 is 2.78 bits per heavy atom. The molecule has 98 valence electrons. The van der Waals surface area contributed by atoms with Crippen molar-refractivity contribution in [2.75, 3.05) is 0 Å². The first kappa shape index (κ1) is 14.4. The lowest BCUT2D eigenvalue weighted by atomic mass is 10.0. The monoisotopic (exact) mass is 246 g/mol. The van der Waals surface area contributed by atoms with Crippen molar-refractivity contribution in [3.8, 4) is 0 Å². The van der Waals surface area contributed by atoms with E-state index < -0.39 is 0 Å². The second kappa shape index (κ2) is 7.64. The third-order valence-corrected chi connectivity index (χ3v) is 2.68. The first-order chi connectivity index (χ1) is 8.58. The van der Waals surface area contributed by atoms with Gasteiger partial charge in [0, 0.05) is 24.5 Å². The Bertz CT molecular complexity index is 385. The summed E-state index contributed by atoms with van der Waals surface area (Å²) in [5.41, 5.74) is 0.933. The van der Waals surface area contributed by atoms with Crippen LogP contribution in [0.15, 0.2) is 30.6 Å². The van der Waals surface area contributed by atoms with Gasteiger partial charge in [-0.3, -0.25) is 9.78 Å². The summed E-state index contributed by atoms with van der Waals surface area (Å²) in [6.45, 7) is 6.42. The molecule has 0 bridgehead atoms. The molecule has 0 aliphatic carbocycles. The van der Waals surface area contributed by atoms with Crippen molar-refractivity contribution in [3.05, 3.63) is 36.2 Å². The molecule has 1 aromatic rings. The number of nitrogens with one attached hydrogen (secondary N) is 1. The molecule has 3 nitrogen and oxygen atoms in total. The molecule has 0 fully saturated rings. The van der Waals surface area contributed by atoms with Gasteiger partial charge in [-0.2, -0.15) is 0 Å². The van der Waals surface area contributed by atoms with Gasteiger partial charge in [-0.05, 0) is 43.4 Å². The molecule has 0 spiro atoms. The first-order valence-corrected chi connectivity index (χ1v) is 6.46. The van der Waals surface area contributed by atoms with E-state index in [0.29, 0.717) is 5.92 Å². The minimum Gasteiger partial charge on any atom is -0.350 e. The fourth-order valence-electron chi connectivity index (χ4n) is 1.59. The fourth-order valence-corrected chi connectivity index (χ4v) is 1.59. The molecule has 1 heterocycles. The number of pyridine rings is 1. The molecule has 0 saturated heterocycles. The normalized spacial score (nSPS) is 12.9. The Balaban J connectivity index is 2.35. The van der Waals surface area contributed by atoms with Gasteiger partial charge in [-0.25, -0.2) is 0 Å². The number of rotatable bonds is 6. The van der Waals surface area contributed by atoms with Crippen LogP contribution in [0.4, 0.5) is 0 Å². The van der Waals surface area contributed by atoms with Gasteiger partial charge in [0.2, 0.25) is 5.91 Å². The van der Waals surface area contributed by atoms with Crippen molar-refractivity contribution in [3.63, 3.8) is 0 Å². The first-order valence-electron chi connectivity index (χ1n) is 6.46. The van der Waals surface area contributed by atoms with Gasteiger partial charge < -0.3 is 5.32 Å². The van der Waals surface area contributed by atoms with E-state index in [-0.39, 0.29) is 11.9 Å². The van der Waals surface area contributed by atoms with Crippen molar-refractivity contribution in [1.82, 2.24) is 10.3 Å². The zero-order valence-electron chi connectivity index (χ0n) is 11.4. The summed E-state index contributed by atoms with van der Waals surface area (Å²) >= 11 is 0. The lowest BCUT2D eigenvalue weighted by molar-refractivity contribution is -0.117. The molecule has 1 aromatic heterocycles. The van der Waals surface area contributed by atoms with E-state index in [1.807, 2.05) is 19.1 Å². The van der Waals surface area contributed by atoms with Crippen LogP contribution in [0.5, 0.6) is 0 Å². The Labute approximate surface area is 109 Å². The van der Waals surface area contributed by atoms with Crippen LogP contribution in [-0.2, 0) is 4.79 Å². The maximum Gasteiger partial charge on any atom is 0.244 e. The van der Waals surface area contributed by atoms with Gasteiger partial charge in [0.05, 0.1) is 0 Å². The van der Waals surface area contributed by atoms with Crippen molar-refractivity contribution in [1.29, 1.82) is 0 Å². The molecule has 3 heteroatoms. The summed E-state index contributed by atoms with van der Waals surface area (Å²) in [6, 6.07) is 3.99. The molecule has 1 atom stereocenters. The predicted octanol–water partition coefficient (Wildman–Crippen LogP) is 3.04. The van der Waals surface area contributed by atoms with E-state index in [9.17, 15) is 4.79 Å². The second-order valence-electron chi connectivity index (χ2n) is 5.00. The summed E-state index contributed by atoms with van der Waals surface area (Å²) in [7, 11) is 0. The third-order valence-electron chi connectivity index (χ3n) is 2.68. The average molecular weight is 246 g/mol. The van der Waals surface area contributed by atoms with Gasteiger partial charge in [0.25, 0.3) is 0 Å². The van der Waals surface area contributed by atoms with Crippen LogP contribution in [-0.4, -0.2) is 16.9 Å². The Kier molecular flexibility index (Phi) is 6.12. The van der Waals surface area contributed by atoms with Crippen molar-refractivity contribution < 1.29 is 4.79 Å². The topological polar surface area (TPSA) is 42.0 Å². The summed E-state index contributed by atoms with van der Waals surface area (Å²) in [6.07, 6.45) is 8.93. The summed E-state index contributed by atoms with van der Waals surface area (Å²) < 4.78 is 0. The maximum atomic E-state index is 11.7.